The van der Waals surface area contributed by atoms with Crippen LogP contribution < -0.4 is 24.3 Å². The third-order valence-electron chi connectivity index (χ3n) is 4.48. The number of benzene rings is 3. The molecular weight excluding hydrogens is 418 g/mol. The Bertz CT molecular complexity index is 1040. The van der Waals surface area contributed by atoms with Crippen LogP contribution in [-0.4, -0.2) is 26.7 Å². The molecule has 162 valence electrons. The van der Waals surface area contributed by atoms with Gasteiger partial charge in [-0.25, -0.2) is 0 Å². The van der Waals surface area contributed by atoms with Crippen LogP contribution in [0.25, 0.3) is 0 Å². The molecule has 0 saturated carbocycles. The highest BCUT2D eigenvalue weighted by molar-refractivity contribution is 6.32. The maximum atomic E-state index is 12.9. The van der Waals surface area contributed by atoms with E-state index in [9.17, 15) is 4.79 Å². The molecule has 0 aliphatic carbocycles. The van der Waals surface area contributed by atoms with E-state index in [0.29, 0.717) is 40.1 Å². The van der Waals surface area contributed by atoms with Crippen LogP contribution in [0.3, 0.4) is 0 Å². The second-order valence-electron chi connectivity index (χ2n) is 6.50. The van der Waals surface area contributed by atoms with E-state index < -0.39 is 0 Å². The van der Waals surface area contributed by atoms with Gasteiger partial charge in [-0.1, -0.05) is 29.8 Å². The molecule has 0 saturated heterocycles. The van der Waals surface area contributed by atoms with Gasteiger partial charge in [0.05, 0.1) is 31.5 Å². The summed E-state index contributed by atoms with van der Waals surface area (Å²) < 4.78 is 22.1. The van der Waals surface area contributed by atoms with Gasteiger partial charge in [0.1, 0.15) is 29.6 Å². The summed E-state index contributed by atoms with van der Waals surface area (Å²) in [5.74, 6) is 1.95. The van der Waals surface area contributed by atoms with Gasteiger partial charge in [-0.15, -0.1) is 0 Å². The molecule has 6 nitrogen and oxygen atoms in total. The fourth-order valence-electron chi connectivity index (χ4n) is 2.96. The van der Waals surface area contributed by atoms with E-state index in [1.165, 1.54) is 14.2 Å². The average molecular weight is 442 g/mol. The summed E-state index contributed by atoms with van der Waals surface area (Å²) in [4.78, 5) is 12.9. The predicted octanol–water partition coefficient (Wildman–Crippen LogP) is 5.59. The Balaban J connectivity index is 1.84. The molecule has 0 spiro atoms. The van der Waals surface area contributed by atoms with E-state index in [4.69, 9.17) is 30.5 Å². The van der Waals surface area contributed by atoms with Gasteiger partial charge in [0.15, 0.2) is 0 Å². The summed E-state index contributed by atoms with van der Waals surface area (Å²) in [6.45, 7) is 2.67. The number of halogens is 1. The number of hydrogen-bond donors (Lipinski definition) is 1. The van der Waals surface area contributed by atoms with Crippen LogP contribution in [0, 0.1) is 0 Å². The largest absolute Gasteiger partial charge is 0.495 e. The third kappa shape index (κ3) is 5.61. The van der Waals surface area contributed by atoms with Crippen molar-refractivity contribution in [3.8, 4) is 23.0 Å². The van der Waals surface area contributed by atoms with Crippen molar-refractivity contribution in [3.63, 3.8) is 0 Å². The second-order valence-corrected chi connectivity index (χ2v) is 6.91. The number of ether oxygens (including phenoxy) is 4. The van der Waals surface area contributed by atoms with Gasteiger partial charge in [0.25, 0.3) is 5.91 Å². The standard InChI is InChI=1S/C24H24ClNO5/c1-4-30-21-11-10-16(12-17(21)15-31-18-8-6-5-7-9-18)24(27)26-20-14-22(28-2)19(25)13-23(20)29-3/h5-14H,4,15H2,1-3H3,(H,26,27). The summed E-state index contributed by atoms with van der Waals surface area (Å²) in [5.41, 5.74) is 1.66. The number of nitrogens with one attached hydrogen (secondary N) is 1. The van der Waals surface area contributed by atoms with Crippen molar-refractivity contribution in [2.75, 3.05) is 26.1 Å². The average Bonchev–Trinajstić information content (AvgIpc) is 2.80. The molecule has 0 aromatic heterocycles. The number of hydrogen-bond acceptors (Lipinski definition) is 5. The first kappa shape index (κ1) is 22.3. The van der Waals surface area contributed by atoms with Gasteiger partial charge < -0.3 is 24.3 Å². The van der Waals surface area contributed by atoms with E-state index >= 15 is 0 Å². The van der Waals surface area contributed by atoms with Crippen LogP contribution in [0.2, 0.25) is 5.02 Å². The quantitative estimate of drug-likeness (QED) is 0.469. The lowest BCUT2D eigenvalue weighted by molar-refractivity contribution is 0.102. The minimum atomic E-state index is -0.313. The molecule has 7 heteroatoms. The minimum Gasteiger partial charge on any atom is -0.495 e. The summed E-state index contributed by atoms with van der Waals surface area (Å²) in [6, 6.07) is 17.9. The normalized spacial score (nSPS) is 10.3. The van der Waals surface area contributed by atoms with Gasteiger partial charge in [-0.2, -0.15) is 0 Å². The maximum Gasteiger partial charge on any atom is 0.255 e. The summed E-state index contributed by atoms with van der Waals surface area (Å²) in [7, 11) is 3.01. The molecule has 0 heterocycles. The molecule has 0 aliphatic heterocycles. The maximum absolute atomic E-state index is 12.9. The Morgan fingerprint density at radius 1 is 0.903 bits per heavy atom. The Morgan fingerprint density at radius 3 is 2.32 bits per heavy atom. The first-order valence-corrected chi connectivity index (χ1v) is 10.1. The fourth-order valence-corrected chi connectivity index (χ4v) is 3.19. The SMILES string of the molecule is CCOc1ccc(C(=O)Nc2cc(OC)c(Cl)cc2OC)cc1COc1ccccc1. The number of rotatable bonds is 9. The number of methoxy groups -OCH3 is 2. The zero-order chi connectivity index (χ0) is 22.2. The smallest absolute Gasteiger partial charge is 0.255 e. The van der Waals surface area contributed by atoms with E-state index in [1.54, 1.807) is 30.3 Å². The number of carbonyl (C=O) groups is 1. The first-order chi connectivity index (χ1) is 15.0. The van der Waals surface area contributed by atoms with Crippen LogP contribution in [0.15, 0.2) is 60.7 Å². The fraction of sp³-hybridized carbons (Fsp3) is 0.208. The van der Waals surface area contributed by atoms with E-state index in [0.717, 1.165) is 11.3 Å². The Labute approximate surface area is 186 Å². The topological polar surface area (TPSA) is 66.0 Å². The molecule has 3 aromatic rings. The van der Waals surface area contributed by atoms with Crippen LogP contribution in [0.4, 0.5) is 5.69 Å². The van der Waals surface area contributed by atoms with Gasteiger partial charge in [-0.05, 0) is 37.3 Å². The van der Waals surface area contributed by atoms with Crippen molar-refractivity contribution in [1.82, 2.24) is 0 Å². The van der Waals surface area contributed by atoms with Crippen LogP contribution in [0.5, 0.6) is 23.0 Å². The van der Waals surface area contributed by atoms with Crippen LogP contribution in [-0.2, 0) is 6.61 Å². The van der Waals surface area contributed by atoms with Gasteiger partial charge >= 0.3 is 0 Å². The predicted molar refractivity (Wildman–Crippen MR) is 121 cm³/mol. The lowest BCUT2D eigenvalue weighted by atomic mass is 10.1. The van der Waals surface area contributed by atoms with Crippen LogP contribution in [0.1, 0.15) is 22.8 Å². The molecule has 0 bridgehead atoms. The molecule has 0 fully saturated rings. The van der Waals surface area contributed by atoms with Crippen molar-refractivity contribution in [3.05, 3.63) is 76.8 Å². The molecule has 1 amide bonds. The zero-order valence-electron chi connectivity index (χ0n) is 17.6. The second kappa shape index (κ2) is 10.6. The molecule has 0 aliphatic rings. The number of anilines is 1. The molecule has 0 radical (unpaired) electrons. The van der Waals surface area contributed by atoms with E-state index in [1.807, 2.05) is 37.3 Å². The molecule has 0 atom stereocenters. The van der Waals surface area contributed by atoms with Gasteiger partial charge in [-0.3, -0.25) is 4.79 Å². The Kier molecular flexibility index (Phi) is 7.62. The molecule has 3 aromatic carbocycles. The first-order valence-electron chi connectivity index (χ1n) is 9.72. The molecule has 3 rings (SSSR count). The summed E-state index contributed by atoms with van der Waals surface area (Å²) in [5, 5.41) is 3.24. The Hall–Kier alpha value is -3.38. The number of para-hydroxylation sites is 1. The third-order valence-corrected chi connectivity index (χ3v) is 4.78. The Morgan fingerprint density at radius 2 is 1.65 bits per heavy atom. The van der Waals surface area contributed by atoms with Crippen molar-refractivity contribution in [2.24, 2.45) is 0 Å². The molecule has 1 N–H and O–H groups in total. The van der Waals surface area contributed by atoms with Crippen molar-refractivity contribution < 1.29 is 23.7 Å². The van der Waals surface area contributed by atoms with Crippen molar-refractivity contribution in [2.45, 2.75) is 13.5 Å². The highest BCUT2D eigenvalue weighted by Gasteiger charge is 2.16. The van der Waals surface area contributed by atoms with Gasteiger partial charge in [0, 0.05) is 23.3 Å². The van der Waals surface area contributed by atoms with E-state index in [2.05, 4.69) is 5.32 Å². The highest BCUT2D eigenvalue weighted by Crippen LogP contribution is 2.36. The summed E-state index contributed by atoms with van der Waals surface area (Å²) >= 11 is 6.14. The van der Waals surface area contributed by atoms with Crippen molar-refractivity contribution >= 4 is 23.2 Å². The molecular formula is C24H24ClNO5. The molecule has 31 heavy (non-hydrogen) atoms. The number of carbonyl (C=O) groups excluding carboxylic acids is 1. The van der Waals surface area contributed by atoms with Gasteiger partial charge in [0.2, 0.25) is 0 Å². The number of amides is 1. The summed E-state index contributed by atoms with van der Waals surface area (Å²) in [6.07, 6.45) is 0. The molecule has 0 unspecified atom stereocenters. The highest BCUT2D eigenvalue weighted by atomic mass is 35.5. The van der Waals surface area contributed by atoms with Crippen LogP contribution >= 0.6 is 11.6 Å². The van der Waals surface area contributed by atoms with Crippen molar-refractivity contribution in [1.29, 1.82) is 0 Å². The lowest BCUT2D eigenvalue weighted by Crippen LogP contribution is -2.14. The minimum absolute atomic E-state index is 0.262. The monoisotopic (exact) mass is 441 g/mol. The lowest BCUT2D eigenvalue weighted by Gasteiger charge is -2.15. The van der Waals surface area contributed by atoms with E-state index in [-0.39, 0.29) is 12.5 Å². The zero-order valence-corrected chi connectivity index (χ0v) is 18.4.